The smallest absolute Gasteiger partial charge is 0.233 e. The lowest BCUT2D eigenvalue weighted by molar-refractivity contribution is -0.116. The summed E-state index contributed by atoms with van der Waals surface area (Å²) < 4.78 is 10.8. The van der Waals surface area contributed by atoms with Crippen molar-refractivity contribution in [3.8, 4) is 11.5 Å². The topological polar surface area (TPSA) is 84.6 Å². The number of hydrogen-bond acceptors (Lipinski definition) is 6. The summed E-state index contributed by atoms with van der Waals surface area (Å²) in [5.74, 6) is 0.842. The third kappa shape index (κ3) is 3.27. The van der Waals surface area contributed by atoms with Gasteiger partial charge in [0.05, 0.1) is 18.4 Å². The highest BCUT2D eigenvalue weighted by atomic mass is 35.5. The van der Waals surface area contributed by atoms with Crippen molar-refractivity contribution in [2.24, 2.45) is 0 Å². The average Bonchev–Trinajstić information content (AvgIpc) is 3.13. The Kier molecular flexibility index (Phi) is 4.74. The van der Waals surface area contributed by atoms with Gasteiger partial charge in [-0.2, -0.15) is 0 Å². The van der Waals surface area contributed by atoms with Crippen LogP contribution in [0.4, 0.5) is 5.88 Å². The van der Waals surface area contributed by atoms with Crippen molar-refractivity contribution in [2.45, 2.75) is 31.6 Å². The molecule has 0 unspecified atom stereocenters. The molecular formula is C24H21ClN2O4. The lowest BCUT2D eigenvalue weighted by Gasteiger charge is -2.34. The molecule has 2 aliphatic rings. The van der Waals surface area contributed by atoms with Crippen LogP contribution in [0.25, 0.3) is 0 Å². The van der Waals surface area contributed by atoms with Crippen molar-refractivity contribution < 1.29 is 19.2 Å². The predicted molar refractivity (Wildman–Crippen MR) is 117 cm³/mol. The van der Waals surface area contributed by atoms with Crippen LogP contribution in [0.3, 0.4) is 0 Å². The largest absolute Gasteiger partial charge is 0.504 e. The van der Waals surface area contributed by atoms with Crippen molar-refractivity contribution in [1.29, 1.82) is 0 Å². The number of ketones is 1. The molecule has 1 aliphatic carbocycles. The summed E-state index contributed by atoms with van der Waals surface area (Å²) in [6.07, 6.45) is 1.01. The molecule has 31 heavy (non-hydrogen) atoms. The summed E-state index contributed by atoms with van der Waals surface area (Å²) in [7, 11) is 1.51. The van der Waals surface area contributed by atoms with Gasteiger partial charge < -0.3 is 19.7 Å². The Morgan fingerprint density at radius 1 is 1.16 bits per heavy atom. The maximum Gasteiger partial charge on any atom is 0.233 e. The van der Waals surface area contributed by atoms with Gasteiger partial charge in [0.2, 0.25) is 5.88 Å². The number of phenolic OH excluding ortho intramolecular Hbond substituents is 1. The van der Waals surface area contributed by atoms with Gasteiger partial charge in [0.1, 0.15) is 0 Å². The maximum absolute atomic E-state index is 13.5. The first-order valence-corrected chi connectivity index (χ1v) is 10.5. The van der Waals surface area contributed by atoms with Crippen molar-refractivity contribution >= 4 is 23.3 Å². The molecule has 5 rings (SSSR count). The minimum Gasteiger partial charge on any atom is -0.504 e. The van der Waals surface area contributed by atoms with E-state index in [1.165, 1.54) is 7.11 Å². The molecule has 3 aromatic rings. The minimum absolute atomic E-state index is 0.0373. The SMILES string of the molecule is COc1cc([C@H]2CC(=O)C3=C(C2)Nc2onc(C)c2[C@@H]3c2ccc(Cl)cc2)ccc1O. The molecule has 2 aromatic carbocycles. The summed E-state index contributed by atoms with van der Waals surface area (Å²) in [5.41, 5.74) is 5.16. The number of rotatable bonds is 3. The van der Waals surface area contributed by atoms with Gasteiger partial charge in [0.15, 0.2) is 17.3 Å². The van der Waals surface area contributed by atoms with Crippen LogP contribution in [-0.2, 0) is 4.79 Å². The number of carbonyl (C=O) groups excluding carboxylic acids is 1. The second-order valence-corrected chi connectivity index (χ2v) is 8.41. The van der Waals surface area contributed by atoms with E-state index in [9.17, 15) is 9.90 Å². The first kappa shape index (κ1) is 19.7. The molecule has 0 saturated heterocycles. The maximum atomic E-state index is 13.5. The Labute approximate surface area is 184 Å². The van der Waals surface area contributed by atoms with Gasteiger partial charge in [-0.3, -0.25) is 4.79 Å². The zero-order chi connectivity index (χ0) is 21.7. The van der Waals surface area contributed by atoms with E-state index in [0.29, 0.717) is 29.5 Å². The molecule has 0 amide bonds. The summed E-state index contributed by atoms with van der Waals surface area (Å²) in [6, 6.07) is 12.8. The van der Waals surface area contributed by atoms with E-state index in [-0.39, 0.29) is 23.4 Å². The standard InChI is InChI=1S/C24H21ClN2O4/c1-12-21-22(13-3-6-16(25)7-4-13)23-17(26-24(21)31-27-12)9-15(10-19(23)29)14-5-8-18(28)20(11-14)30-2/h3-8,11,15,22,26,28H,9-10H2,1-2H3/t15-,22+/m1/s1. The molecule has 0 saturated carbocycles. The number of halogens is 1. The van der Waals surface area contributed by atoms with Crippen LogP contribution in [-0.4, -0.2) is 23.2 Å². The summed E-state index contributed by atoms with van der Waals surface area (Å²) in [4.78, 5) is 13.5. The third-order valence-electron chi connectivity index (χ3n) is 6.14. The van der Waals surface area contributed by atoms with Crippen LogP contribution in [0.5, 0.6) is 11.5 Å². The number of phenols is 1. The van der Waals surface area contributed by atoms with Crippen molar-refractivity contribution in [3.05, 3.63) is 81.1 Å². The fraction of sp³-hybridized carbons (Fsp3) is 0.250. The van der Waals surface area contributed by atoms with E-state index < -0.39 is 0 Å². The second-order valence-electron chi connectivity index (χ2n) is 7.97. The first-order chi connectivity index (χ1) is 15.0. The third-order valence-corrected chi connectivity index (χ3v) is 6.39. The highest BCUT2D eigenvalue weighted by molar-refractivity contribution is 6.30. The Hall–Kier alpha value is -3.25. The van der Waals surface area contributed by atoms with Crippen molar-refractivity contribution in [1.82, 2.24) is 5.16 Å². The molecule has 2 heterocycles. The molecule has 2 atom stereocenters. The monoisotopic (exact) mass is 436 g/mol. The number of aryl methyl sites for hydroxylation is 1. The van der Waals surface area contributed by atoms with Gasteiger partial charge in [0.25, 0.3) is 0 Å². The average molecular weight is 437 g/mol. The molecular weight excluding hydrogens is 416 g/mol. The van der Waals surface area contributed by atoms with E-state index in [0.717, 1.165) is 33.7 Å². The van der Waals surface area contributed by atoms with Gasteiger partial charge in [-0.1, -0.05) is 35.0 Å². The van der Waals surface area contributed by atoms with Crippen LogP contribution in [0.1, 0.15) is 47.1 Å². The molecule has 6 nitrogen and oxygen atoms in total. The molecule has 158 valence electrons. The van der Waals surface area contributed by atoms with Gasteiger partial charge in [-0.25, -0.2) is 0 Å². The number of ether oxygens (including phenoxy) is 1. The number of benzene rings is 2. The Morgan fingerprint density at radius 2 is 1.90 bits per heavy atom. The molecule has 1 aliphatic heterocycles. The number of methoxy groups -OCH3 is 1. The van der Waals surface area contributed by atoms with E-state index >= 15 is 0 Å². The van der Waals surface area contributed by atoms with Crippen molar-refractivity contribution in [3.63, 3.8) is 0 Å². The Bertz CT molecular complexity index is 1210. The van der Waals surface area contributed by atoms with Crippen LogP contribution >= 0.6 is 11.6 Å². The number of aromatic hydroxyl groups is 1. The first-order valence-electron chi connectivity index (χ1n) is 10.1. The molecule has 0 bridgehead atoms. The fourth-order valence-corrected chi connectivity index (χ4v) is 4.77. The molecule has 7 heteroatoms. The van der Waals surface area contributed by atoms with Gasteiger partial charge in [-0.15, -0.1) is 0 Å². The number of anilines is 1. The lowest BCUT2D eigenvalue weighted by Crippen LogP contribution is -2.29. The summed E-state index contributed by atoms with van der Waals surface area (Å²) in [6.45, 7) is 1.89. The van der Waals surface area contributed by atoms with Crippen LogP contribution < -0.4 is 10.1 Å². The fourth-order valence-electron chi connectivity index (χ4n) is 4.64. The summed E-state index contributed by atoms with van der Waals surface area (Å²) in [5, 5.41) is 18.0. The van der Waals surface area contributed by atoms with E-state index in [1.807, 2.05) is 37.3 Å². The quantitative estimate of drug-likeness (QED) is 0.578. The van der Waals surface area contributed by atoms with Crippen LogP contribution in [0, 0.1) is 6.92 Å². The number of nitrogens with one attached hydrogen (secondary N) is 1. The number of allylic oxidation sites excluding steroid dienone is 2. The van der Waals surface area contributed by atoms with Crippen molar-refractivity contribution in [2.75, 3.05) is 12.4 Å². The van der Waals surface area contributed by atoms with Crippen LogP contribution in [0.15, 0.2) is 58.3 Å². The molecule has 1 aromatic heterocycles. The van der Waals surface area contributed by atoms with Gasteiger partial charge in [-0.05, 0) is 54.7 Å². The Balaban J connectivity index is 1.59. The minimum atomic E-state index is -0.252. The summed E-state index contributed by atoms with van der Waals surface area (Å²) >= 11 is 6.10. The number of Topliss-reactive ketones (excluding diaryl/α,β-unsaturated/α-hetero) is 1. The number of aromatic nitrogens is 1. The molecule has 0 fully saturated rings. The van der Waals surface area contributed by atoms with Crippen LogP contribution in [0.2, 0.25) is 5.02 Å². The number of nitrogens with zero attached hydrogens (tertiary/aromatic N) is 1. The second kappa shape index (κ2) is 7.46. The van der Waals surface area contributed by atoms with E-state index in [2.05, 4.69) is 10.5 Å². The van der Waals surface area contributed by atoms with E-state index in [1.54, 1.807) is 12.1 Å². The Morgan fingerprint density at radius 3 is 2.65 bits per heavy atom. The molecule has 2 N–H and O–H groups in total. The van der Waals surface area contributed by atoms with Gasteiger partial charge >= 0.3 is 0 Å². The molecule has 0 radical (unpaired) electrons. The van der Waals surface area contributed by atoms with Gasteiger partial charge in [0, 0.05) is 28.6 Å². The normalized spacial score (nSPS) is 20.2. The number of carbonyl (C=O) groups is 1. The van der Waals surface area contributed by atoms with E-state index in [4.69, 9.17) is 20.9 Å². The highest BCUT2D eigenvalue weighted by Crippen LogP contribution is 2.49. The number of hydrogen-bond donors (Lipinski definition) is 2. The highest BCUT2D eigenvalue weighted by Gasteiger charge is 2.41. The predicted octanol–water partition coefficient (Wildman–Crippen LogP) is 5.31. The number of fused-ring (bicyclic) bond motifs is 1. The zero-order valence-corrected chi connectivity index (χ0v) is 17.9. The molecule has 0 spiro atoms. The lowest BCUT2D eigenvalue weighted by atomic mass is 9.72. The zero-order valence-electron chi connectivity index (χ0n) is 17.1.